The number of carboxylic acid groups (broad SMARTS) is 1. The highest BCUT2D eigenvalue weighted by Gasteiger charge is 2.48. The van der Waals surface area contributed by atoms with E-state index in [1.165, 1.54) is 12.1 Å². The number of benzene rings is 1. The van der Waals surface area contributed by atoms with Crippen molar-refractivity contribution in [3.8, 4) is 0 Å². The Morgan fingerprint density at radius 2 is 1.62 bits per heavy atom. The number of carbonyl (C=O) groups excluding carboxylic acids is 1. The molecule has 8 nitrogen and oxygen atoms in total. The molecule has 0 bridgehead atoms. The second-order valence-electron chi connectivity index (χ2n) is 4.51. The van der Waals surface area contributed by atoms with Gasteiger partial charge in [0.2, 0.25) is 6.29 Å². The van der Waals surface area contributed by atoms with E-state index in [-0.39, 0.29) is 5.56 Å². The third kappa shape index (κ3) is 3.19. The number of aliphatic carboxylic acids is 1. The number of hydrogen-bond acceptors (Lipinski definition) is 7. The van der Waals surface area contributed by atoms with Crippen LogP contribution < -0.4 is 0 Å². The van der Waals surface area contributed by atoms with Crippen molar-refractivity contribution in [2.75, 3.05) is 0 Å². The molecule has 4 N–H and O–H groups in total. The molecule has 0 unspecified atom stereocenters. The third-order valence-corrected chi connectivity index (χ3v) is 3.05. The van der Waals surface area contributed by atoms with Gasteiger partial charge in [-0.2, -0.15) is 0 Å². The first-order valence-corrected chi connectivity index (χ1v) is 6.10. The fraction of sp³-hybridized carbons (Fsp3) is 0.385. The Hall–Kier alpha value is -2.00. The predicted molar refractivity (Wildman–Crippen MR) is 66.2 cm³/mol. The molecule has 8 heteroatoms. The molecule has 0 aliphatic carbocycles. The summed E-state index contributed by atoms with van der Waals surface area (Å²) in [5.74, 6) is -2.40. The minimum Gasteiger partial charge on any atom is -0.479 e. The average molecular weight is 298 g/mol. The van der Waals surface area contributed by atoms with Crippen LogP contribution in [0.15, 0.2) is 30.3 Å². The van der Waals surface area contributed by atoms with Gasteiger partial charge >= 0.3 is 11.9 Å². The third-order valence-electron chi connectivity index (χ3n) is 3.05. The first-order chi connectivity index (χ1) is 9.91. The number of esters is 1. The Morgan fingerprint density at radius 3 is 2.19 bits per heavy atom. The summed E-state index contributed by atoms with van der Waals surface area (Å²) >= 11 is 0. The van der Waals surface area contributed by atoms with E-state index in [0.717, 1.165) is 0 Å². The molecule has 1 aliphatic heterocycles. The van der Waals surface area contributed by atoms with Gasteiger partial charge in [0, 0.05) is 0 Å². The maximum atomic E-state index is 11.8. The number of ether oxygens (including phenoxy) is 2. The lowest BCUT2D eigenvalue weighted by molar-refractivity contribution is -0.278. The van der Waals surface area contributed by atoms with Crippen molar-refractivity contribution in [1.29, 1.82) is 0 Å². The quantitative estimate of drug-likeness (QED) is 0.508. The molecule has 1 fully saturated rings. The van der Waals surface area contributed by atoms with Crippen LogP contribution in [0.2, 0.25) is 0 Å². The van der Waals surface area contributed by atoms with Crippen LogP contribution >= 0.6 is 0 Å². The van der Waals surface area contributed by atoms with Crippen LogP contribution in [0.1, 0.15) is 10.4 Å². The number of carboxylic acids is 1. The van der Waals surface area contributed by atoms with E-state index >= 15 is 0 Å². The lowest BCUT2D eigenvalue weighted by atomic mass is 9.99. The van der Waals surface area contributed by atoms with E-state index in [4.69, 9.17) is 14.6 Å². The smallest absolute Gasteiger partial charge is 0.340 e. The standard InChI is InChI=1S/C13H14O8/c14-7-8(15)10(11(17)18)20-13(9(7)16)21-12(19)6-4-2-1-3-5-6/h1-5,7-10,13-16H,(H,17,18)/t7-,8-,9+,10-,13-/m0/s1. The lowest BCUT2D eigenvalue weighted by Gasteiger charge is -2.37. The highest BCUT2D eigenvalue weighted by atomic mass is 16.7. The number of hydrogen-bond donors (Lipinski definition) is 4. The zero-order chi connectivity index (χ0) is 15.6. The molecule has 1 aromatic rings. The summed E-state index contributed by atoms with van der Waals surface area (Å²) < 4.78 is 9.68. The Bertz CT molecular complexity index is 516. The maximum absolute atomic E-state index is 11.8. The number of aliphatic hydroxyl groups excluding tert-OH is 3. The van der Waals surface area contributed by atoms with Gasteiger partial charge in [0.1, 0.15) is 18.3 Å². The second kappa shape index (κ2) is 6.19. The Kier molecular flexibility index (Phi) is 4.53. The van der Waals surface area contributed by atoms with E-state index in [2.05, 4.69) is 0 Å². The molecule has 0 aromatic heterocycles. The van der Waals surface area contributed by atoms with E-state index < -0.39 is 42.6 Å². The van der Waals surface area contributed by atoms with Gasteiger partial charge in [-0.3, -0.25) is 0 Å². The number of rotatable bonds is 3. The largest absolute Gasteiger partial charge is 0.479 e. The molecule has 21 heavy (non-hydrogen) atoms. The SMILES string of the molecule is O=C(O[C@@H]1O[C@H](C(=O)O)[C@@H](O)[C@H](O)[C@H]1O)c1ccccc1. The zero-order valence-corrected chi connectivity index (χ0v) is 10.7. The van der Waals surface area contributed by atoms with Gasteiger partial charge < -0.3 is 29.9 Å². The van der Waals surface area contributed by atoms with Crippen LogP contribution in [0, 0.1) is 0 Å². The van der Waals surface area contributed by atoms with Gasteiger partial charge in [-0.05, 0) is 12.1 Å². The Labute approximate surface area is 119 Å². The summed E-state index contributed by atoms with van der Waals surface area (Å²) in [5.41, 5.74) is 0.167. The summed E-state index contributed by atoms with van der Waals surface area (Å²) in [7, 11) is 0. The van der Waals surface area contributed by atoms with Crippen LogP contribution in [0.3, 0.4) is 0 Å². The summed E-state index contributed by atoms with van der Waals surface area (Å²) in [4.78, 5) is 22.7. The normalized spacial score (nSPS) is 32.4. The van der Waals surface area contributed by atoms with Crippen LogP contribution in [0.5, 0.6) is 0 Å². The molecular formula is C13H14O8. The minimum absolute atomic E-state index is 0.167. The summed E-state index contributed by atoms with van der Waals surface area (Å²) in [5, 5.41) is 37.6. The average Bonchev–Trinajstić information content (AvgIpc) is 2.48. The first-order valence-electron chi connectivity index (χ1n) is 6.10. The van der Waals surface area contributed by atoms with Crippen molar-refractivity contribution in [2.45, 2.75) is 30.7 Å². The molecule has 114 valence electrons. The van der Waals surface area contributed by atoms with Crippen molar-refractivity contribution in [3.63, 3.8) is 0 Å². The van der Waals surface area contributed by atoms with Crippen LogP contribution in [-0.4, -0.2) is 63.1 Å². The summed E-state index contributed by atoms with van der Waals surface area (Å²) in [6.45, 7) is 0. The van der Waals surface area contributed by atoms with Crippen molar-refractivity contribution in [1.82, 2.24) is 0 Å². The van der Waals surface area contributed by atoms with Crippen molar-refractivity contribution >= 4 is 11.9 Å². The topological polar surface area (TPSA) is 134 Å². The van der Waals surface area contributed by atoms with Crippen molar-refractivity contribution in [3.05, 3.63) is 35.9 Å². The van der Waals surface area contributed by atoms with E-state index in [1.54, 1.807) is 18.2 Å². The van der Waals surface area contributed by atoms with Gasteiger partial charge in [0.25, 0.3) is 0 Å². The summed E-state index contributed by atoms with van der Waals surface area (Å²) in [6, 6.07) is 7.78. The number of aliphatic hydroxyl groups is 3. The molecule has 0 radical (unpaired) electrons. The molecule has 1 aliphatic rings. The summed E-state index contributed by atoms with van der Waals surface area (Å²) in [6.07, 6.45) is -8.91. The van der Waals surface area contributed by atoms with Crippen LogP contribution in [-0.2, 0) is 14.3 Å². The van der Waals surface area contributed by atoms with E-state index in [1.807, 2.05) is 0 Å². The van der Waals surface area contributed by atoms with Crippen LogP contribution in [0.4, 0.5) is 0 Å². The molecule has 0 spiro atoms. The molecule has 5 atom stereocenters. The van der Waals surface area contributed by atoms with E-state index in [0.29, 0.717) is 0 Å². The van der Waals surface area contributed by atoms with Gasteiger partial charge in [-0.25, -0.2) is 9.59 Å². The molecule has 1 saturated heterocycles. The Morgan fingerprint density at radius 1 is 1.00 bits per heavy atom. The molecule has 2 rings (SSSR count). The fourth-order valence-corrected chi connectivity index (χ4v) is 1.90. The highest BCUT2D eigenvalue weighted by Crippen LogP contribution is 2.23. The molecule has 1 heterocycles. The fourth-order valence-electron chi connectivity index (χ4n) is 1.90. The highest BCUT2D eigenvalue weighted by molar-refractivity contribution is 5.89. The van der Waals surface area contributed by atoms with Crippen LogP contribution in [0.25, 0.3) is 0 Å². The Balaban J connectivity index is 2.11. The van der Waals surface area contributed by atoms with Gasteiger partial charge in [-0.1, -0.05) is 18.2 Å². The van der Waals surface area contributed by atoms with Crippen molar-refractivity contribution in [2.24, 2.45) is 0 Å². The van der Waals surface area contributed by atoms with Gasteiger partial charge in [0.15, 0.2) is 6.10 Å². The van der Waals surface area contributed by atoms with Gasteiger partial charge in [-0.15, -0.1) is 0 Å². The molecule has 0 amide bonds. The minimum atomic E-state index is -1.83. The zero-order valence-electron chi connectivity index (χ0n) is 10.7. The first kappa shape index (κ1) is 15.4. The molecule has 1 aromatic carbocycles. The monoisotopic (exact) mass is 298 g/mol. The van der Waals surface area contributed by atoms with Crippen molar-refractivity contribution < 1.29 is 39.5 Å². The molecule has 0 saturated carbocycles. The van der Waals surface area contributed by atoms with E-state index in [9.17, 15) is 24.9 Å². The molecular weight excluding hydrogens is 284 g/mol. The maximum Gasteiger partial charge on any atom is 0.340 e. The van der Waals surface area contributed by atoms with Gasteiger partial charge in [0.05, 0.1) is 5.56 Å². The lowest BCUT2D eigenvalue weighted by Crippen LogP contribution is -2.60. The predicted octanol–water partition coefficient (Wildman–Crippen LogP) is -1.26. The number of carbonyl (C=O) groups is 2. The second-order valence-corrected chi connectivity index (χ2v) is 4.51.